The minimum absolute atomic E-state index is 0.0273. The Labute approximate surface area is 165 Å². The molecule has 1 aliphatic heterocycles. The molecule has 0 saturated carbocycles. The van der Waals surface area contributed by atoms with Gasteiger partial charge in [-0.2, -0.15) is 13.2 Å². The lowest BCUT2D eigenvalue weighted by Gasteiger charge is -2.36. The third kappa shape index (κ3) is 5.44. The van der Waals surface area contributed by atoms with E-state index in [1.54, 1.807) is 0 Å². The summed E-state index contributed by atoms with van der Waals surface area (Å²) >= 11 is 0.607. The fourth-order valence-electron chi connectivity index (χ4n) is 3.17. The smallest absolute Gasteiger partial charge is 0.443 e. The van der Waals surface area contributed by atoms with Crippen molar-refractivity contribution >= 4 is 11.3 Å². The number of nitrogens with zero attached hydrogens (tertiary/aromatic N) is 2. The summed E-state index contributed by atoms with van der Waals surface area (Å²) in [5.74, 6) is 0.709. The van der Waals surface area contributed by atoms with Crippen molar-refractivity contribution < 1.29 is 27.8 Å². The van der Waals surface area contributed by atoms with Crippen molar-refractivity contribution in [2.45, 2.75) is 31.7 Å². The Kier molecular flexibility index (Phi) is 6.92. The number of benzene rings is 1. The summed E-state index contributed by atoms with van der Waals surface area (Å²) < 4.78 is 49.4. The van der Waals surface area contributed by atoms with Crippen molar-refractivity contribution in [1.29, 1.82) is 0 Å². The Morgan fingerprint density at radius 2 is 2.11 bits per heavy atom. The van der Waals surface area contributed by atoms with Crippen LogP contribution in [0.3, 0.4) is 0 Å². The van der Waals surface area contributed by atoms with Crippen molar-refractivity contribution in [3.63, 3.8) is 0 Å². The van der Waals surface area contributed by atoms with Crippen LogP contribution in [-0.2, 0) is 17.3 Å². The summed E-state index contributed by atoms with van der Waals surface area (Å²) in [5.41, 5.74) is 1.49. The fourth-order valence-corrected chi connectivity index (χ4v) is 3.90. The van der Waals surface area contributed by atoms with E-state index in [-0.39, 0.29) is 19.3 Å². The summed E-state index contributed by atoms with van der Waals surface area (Å²) in [6.45, 7) is 4.03. The van der Waals surface area contributed by atoms with E-state index in [1.807, 2.05) is 24.3 Å². The molecular formula is C19H23F3N2O3S. The number of thiazole rings is 1. The van der Waals surface area contributed by atoms with Gasteiger partial charge in [0.15, 0.2) is 5.01 Å². The number of morpholine rings is 1. The van der Waals surface area contributed by atoms with Crippen LogP contribution in [0.5, 0.6) is 5.75 Å². The molecule has 2 heterocycles. The van der Waals surface area contributed by atoms with Crippen LogP contribution >= 0.6 is 11.3 Å². The molecule has 1 saturated heterocycles. The third-order valence-electron chi connectivity index (χ3n) is 4.63. The zero-order valence-corrected chi connectivity index (χ0v) is 16.3. The normalized spacial score (nSPS) is 19.5. The third-order valence-corrected chi connectivity index (χ3v) is 5.54. The first-order valence-electron chi connectivity index (χ1n) is 9.07. The number of ether oxygens (including phenoxy) is 2. The summed E-state index contributed by atoms with van der Waals surface area (Å²) in [6, 6.07) is 7.91. The van der Waals surface area contributed by atoms with Crippen LogP contribution < -0.4 is 4.74 Å². The summed E-state index contributed by atoms with van der Waals surface area (Å²) in [6.07, 6.45) is -4.06. The second kappa shape index (κ2) is 9.21. The van der Waals surface area contributed by atoms with E-state index in [9.17, 15) is 13.2 Å². The lowest BCUT2D eigenvalue weighted by molar-refractivity contribution is -0.138. The Bertz CT molecular complexity index is 752. The molecule has 1 aliphatic rings. The zero-order valence-electron chi connectivity index (χ0n) is 15.5. The highest BCUT2D eigenvalue weighted by Crippen LogP contribution is 2.34. The van der Waals surface area contributed by atoms with Crippen LogP contribution in [-0.4, -0.2) is 53.9 Å². The van der Waals surface area contributed by atoms with Gasteiger partial charge in [-0.1, -0.05) is 12.1 Å². The quantitative estimate of drug-likeness (QED) is 0.748. The Morgan fingerprint density at radius 3 is 2.75 bits per heavy atom. The average molecular weight is 416 g/mol. The van der Waals surface area contributed by atoms with Crippen molar-refractivity contribution in [2.24, 2.45) is 0 Å². The van der Waals surface area contributed by atoms with E-state index in [1.165, 1.54) is 5.38 Å². The van der Waals surface area contributed by atoms with Crippen LogP contribution in [0.15, 0.2) is 29.6 Å². The maximum absolute atomic E-state index is 12.8. The van der Waals surface area contributed by atoms with E-state index in [4.69, 9.17) is 14.6 Å². The van der Waals surface area contributed by atoms with E-state index < -0.39 is 17.3 Å². The first kappa shape index (κ1) is 21.0. The predicted molar refractivity (Wildman–Crippen MR) is 99.6 cm³/mol. The Balaban J connectivity index is 1.58. The number of hydrogen-bond donors (Lipinski definition) is 1. The molecule has 2 atom stereocenters. The minimum atomic E-state index is -4.42. The van der Waals surface area contributed by atoms with Crippen LogP contribution in [0.2, 0.25) is 0 Å². The summed E-state index contributed by atoms with van der Waals surface area (Å²) in [7, 11) is 0. The molecule has 0 amide bonds. The fraction of sp³-hybridized carbons (Fsp3) is 0.526. The lowest BCUT2D eigenvalue weighted by atomic mass is 10.0. The first-order valence-corrected chi connectivity index (χ1v) is 9.95. The van der Waals surface area contributed by atoms with E-state index in [0.29, 0.717) is 35.9 Å². The molecule has 1 aromatic heterocycles. The Hall–Kier alpha value is -1.68. The molecule has 1 N–H and O–H groups in total. The van der Waals surface area contributed by atoms with Crippen molar-refractivity contribution in [3.05, 3.63) is 45.9 Å². The highest BCUT2D eigenvalue weighted by atomic mass is 32.1. The van der Waals surface area contributed by atoms with Crippen molar-refractivity contribution in [3.8, 4) is 5.75 Å². The van der Waals surface area contributed by atoms with Gasteiger partial charge >= 0.3 is 6.18 Å². The molecule has 154 valence electrons. The highest BCUT2D eigenvalue weighted by Gasteiger charge is 2.36. The molecule has 2 unspecified atom stereocenters. The number of aromatic nitrogens is 1. The molecular weight excluding hydrogens is 393 g/mol. The number of rotatable bonds is 7. The van der Waals surface area contributed by atoms with E-state index >= 15 is 0 Å². The van der Waals surface area contributed by atoms with Crippen LogP contribution in [0, 0.1) is 0 Å². The highest BCUT2D eigenvalue weighted by molar-refractivity contribution is 7.09. The SMILES string of the molecule is CC(Cc1ccc(OCCO)cc1)N1CCOC(c2csc(C(F)(F)F)n2)C1. The van der Waals surface area contributed by atoms with Gasteiger partial charge in [0.2, 0.25) is 0 Å². The van der Waals surface area contributed by atoms with Crippen LogP contribution in [0.4, 0.5) is 13.2 Å². The number of hydrogen-bond acceptors (Lipinski definition) is 6. The maximum atomic E-state index is 12.8. The first-order chi connectivity index (χ1) is 13.4. The molecule has 0 aliphatic carbocycles. The Morgan fingerprint density at radius 1 is 1.36 bits per heavy atom. The van der Waals surface area contributed by atoms with Gasteiger partial charge in [-0.05, 0) is 31.0 Å². The molecule has 0 spiro atoms. The van der Waals surface area contributed by atoms with Gasteiger partial charge in [0.25, 0.3) is 0 Å². The topological polar surface area (TPSA) is 54.8 Å². The van der Waals surface area contributed by atoms with Gasteiger partial charge in [-0.15, -0.1) is 11.3 Å². The zero-order chi connectivity index (χ0) is 20.1. The molecule has 2 aromatic rings. The van der Waals surface area contributed by atoms with Crippen LogP contribution in [0.1, 0.15) is 29.3 Å². The van der Waals surface area contributed by atoms with Crippen molar-refractivity contribution in [2.75, 3.05) is 32.9 Å². The standard InChI is InChI=1S/C19H23F3N2O3S/c1-13(10-14-2-4-15(5-3-14)26-9-7-25)24-6-8-27-17(11-24)16-12-28-18(23-16)19(20,21)22/h2-5,12-13,17,25H,6-11H2,1H3. The van der Waals surface area contributed by atoms with Gasteiger partial charge in [0.1, 0.15) is 18.5 Å². The number of aliphatic hydroxyl groups is 1. The van der Waals surface area contributed by atoms with E-state index in [0.717, 1.165) is 18.5 Å². The lowest BCUT2D eigenvalue weighted by Crippen LogP contribution is -2.44. The van der Waals surface area contributed by atoms with E-state index in [2.05, 4.69) is 16.8 Å². The molecule has 28 heavy (non-hydrogen) atoms. The minimum Gasteiger partial charge on any atom is -0.491 e. The van der Waals surface area contributed by atoms with Crippen molar-refractivity contribution in [1.82, 2.24) is 9.88 Å². The summed E-state index contributed by atoms with van der Waals surface area (Å²) in [4.78, 5) is 5.95. The number of alkyl halides is 3. The molecule has 1 aromatic carbocycles. The van der Waals surface area contributed by atoms with Gasteiger partial charge in [0, 0.05) is 24.5 Å². The van der Waals surface area contributed by atoms with Crippen LogP contribution in [0.25, 0.3) is 0 Å². The van der Waals surface area contributed by atoms with Gasteiger partial charge < -0.3 is 14.6 Å². The van der Waals surface area contributed by atoms with Gasteiger partial charge in [-0.25, -0.2) is 4.98 Å². The largest absolute Gasteiger partial charge is 0.491 e. The second-order valence-electron chi connectivity index (χ2n) is 6.70. The molecule has 9 heteroatoms. The predicted octanol–water partition coefficient (Wildman–Crippen LogP) is 3.54. The average Bonchev–Trinajstić information content (AvgIpc) is 3.18. The monoisotopic (exact) mass is 416 g/mol. The molecule has 0 bridgehead atoms. The molecule has 0 radical (unpaired) electrons. The molecule has 1 fully saturated rings. The molecule has 5 nitrogen and oxygen atoms in total. The summed E-state index contributed by atoms with van der Waals surface area (Å²) in [5, 5.41) is 9.39. The number of halogens is 3. The van der Waals surface area contributed by atoms with Gasteiger partial charge in [0.05, 0.1) is 18.9 Å². The number of aliphatic hydroxyl groups excluding tert-OH is 1. The molecule has 3 rings (SSSR count). The second-order valence-corrected chi connectivity index (χ2v) is 7.56. The van der Waals surface area contributed by atoms with Gasteiger partial charge in [-0.3, -0.25) is 4.90 Å². The maximum Gasteiger partial charge on any atom is 0.443 e.